The Kier molecular flexibility index (Phi) is 5.62. The summed E-state index contributed by atoms with van der Waals surface area (Å²) in [6.07, 6.45) is 1.43. The standard InChI is InChI=1S/C25H20N2O4/c1-16(28)17-7-9-18(10-8-17)23-12-11-21(31-23)15-26-27-25(29)22-13-19-5-3-4-6-20(19)14-24(22)30-2/h3-15H,1-2H3,(H,27,29)/b26-15-. The van der Waals surface area contributed by atoms with Crippen molar-refractivity contribution in [3.63, 3.8) is 0 Å². The minimum Gasteiger partial charge on any atom is -0.496 e. The van der Waals surface area contributed by atoms with Crippen LogP contribution in [0.1, 0.15) is 33.4 Å². The van der Waals surface area contributed by atoms with E-state index in [1.807, 2.05) is 42.5 Å². The molecule has 0 aliphatic rings. The summed E-state index contributed by atoms with van der Waals surface area (Å²) in [6.45, 7) is 1.53. The van der Waals surface area contributed by atoms with Crippen molar-refractivity contribution in [2.45, 2.75) is 6.92 Å². The molecule has 0 atom stereocenters. The summed E-state index contributed by atoms with van der Waals surface area (Å²) in [5.74, 6) is 1.22. The Labute approximate surface area is 179 Å². The molecule has 4 aromatic rings. The molecule has 1 N–H and O–H groups in total. The van der Waals surface area contributed by atoms with Crippen LogP contribution in [0.3, 0.4) is 0 Å². The van der Waals surface area contributed by atoms with Gasteiger partial charge in [-0.3, -0.25) is 9.59 Å². The van der Waals surface area contributed by atoms with Crippen LogP contribution in [0, 0.1) is 0 Å². The molecular weight excluding hydrogens is 392 g/mol. The van der Waals surface area contributed by atoms with Crippen LogP contribution < -0.4 is 10.2 Å². The summed E-state index contributed by atoms with van der Waals surface area (Å²) in [6, 6.07) is 22.0. The Morgan fingerprint density at radius 2 is 1.68 bits per heavy atom. The van der Waals surface area contributed by atoms with Gasteiger partial charge < -0.3 is 9.15 Å². The molecule has 0 unspecified atom stereocenters. The molecule has 0 bridgehead atoms. The van der Waals surface area contributed by atoms with E-state index in [0.29, 0.717) is 28.4 Å². The minimum absolute atomic E-state index is 0.0117. The molecule has 1 amide bonds. The zero-order chi connectivity index (χ0) is 21.8. The molecule has 0 fully saturated rings. The maximum atomic E-state index is 12.6. The number of amides is 1. The normalized spacial score (nSPS) is 11.0. The molecule has 6 heteroatoms. The number of benzene rings is 3. The predicted octanol–water partition coefficient (Wildman–Crippen LogP) is 5.07. The Morgan fingerprint density at radius 1 is 0.968 bits per heavy atom. The van der Waals surface area contributed by atoms with Gasteiger partial charge in [0.1, 0.15) is 17.3 Å². The number of furan rings is 1. The lowest BCUT2D eigenvalue weighted by Crippen LogP contribution is -2.18. The fourth-order valence-electron chi connectivity index (χ4n) is 3.23. The van der Waals surface area contributed by atoms with Gasteiger partial charge in [0.15, 0.2) is 5.78 Å². The van der Waals surface area contributed by atoms with Gasteiger partial charge >= 0.3 is 0 Å². The van der Waals surface area contributed by atoms with E-state index in [0.717, 1.165) is 16.3 Å². The summed E-state index contributed by atoms with van der Waals surface area (Å²) < 4.78 is 11.1. The highest BCUT2D eigenvalue weighted by Crippen LogP contribution is 2.26. The van der Waals surface area contributed by atoms with E-state index in [9.17, 15) is 9.59 Å². The number of fused-ring (bicyclic) bond motifs is 1. The van der Waals surface area contributed by atoms with Gasteiger partial charge in [0.2, 0.25) is 0 Å². The Morgan fingerprint density at radius 3 is 2.35 bits per heavy atom. The highest BCUT2D eigenvalue weighted by Gasteiger charge is 2.13. The van der Waals surface area contributed by atoms with Crippen molar-refractivity contribution in [1.29, 1.82) is 0 Å². The number of methoxy groups -OCH3 is 1. The third-order valence-corrected chi connectivity index (χ3v) is 4.87. The van der Waals surface area contributed by atoms with Crippen molar-refractivity contribution in [2.24, 2.45) is 5.10 Å². The maximum absolute atomic E-state index is 12.6. The van der Waals surface area contributed by atoms with Crippen molar-refractivity contribution in [2.75, 3.05) is 7.11 Å². The van der Waals surface area contributed by atoms with E-state index in [1.165, 1.54) is 20.2 Å². The number of Topliss-reactive ketones (excluding diaryl/α,β-unsaturated/α-hetero) is 1. The molecule has 0 saturated heterocycles. The number of ketones is 1. The number of carbonyl (C=O) groups is 2. The number of rotatable bonds is 6. The molecular formula is C25H20N2O4. The fourth-order valence-corrected chi connectivity index (χ4v) is 3.23. The largest absolute Gasteiger partial charge is 0.496 e. The van der Waals surface area contributed by atoms with Gasteiger partial charge in [0.05, 0.1) is 18.9 Å². The molecule has 154 valence electrons. The number of nitrogens with one attached hydrogen (secondary N) is 1. The number of hydrazone groups is 1. The Bertz CT molecular complexity index is 1290. The highest BCUT2D eigenvalue weighted by molar-refractivity contribution is 6.02. The van der Waals surface area contributed by atoms with Crippen LogP contribution in [0.5, 0.6) is 5.75 Å². The maximum Gasteiger partial charge on any atom is 0.275 e. The number of hydrogen-bond donors (Lipinski definition) is 1. The Hall–Kier alpha value is -4.19. The number of carbonyl (C=O) groups excluding carboxylic acids is 2. The monoisotopic (exact) mass is 412 g/mol. The lowest BCUT2D eigenvalue weighted by atomic mass is 10.1. The van der Waals surface area contributed by atoms with Gasteiger partial charge in [-0.15, -0.1) is 0 Å². The molecule has 0 aliphatic heterocycles. The zero-order valence-corrected chi connectivity index (χ0v) is 17.1. The summed E-state index contributed by atoms with van der Waals surface area (Å²) in [5.41, 5.74) is 4.39. The molecule has 0 spiro atoms. The zero-order valence-electron chi connectivity index (χ0n) is 17.1. The second kappa shape index (κ2) is 8.67. The van der Waals surface area contributed by atoms with Crippen molar-refractivity contribution in [3.05, 3.63) is 89.7 Å². The first-order chi connectivity index (χ1) is 15.0. The van der Waals surface area contributed by atoms with Crippen LogP contribution in [0.15, 0.2) is 82.3 Å². The van der Waals surface area contributed by atoms with E-state index >= 15 is 0 Å². The van der Waals surface area contributed by atoms with Gasteiger partial charge in [-0.25, -0.2) is 5.43 Å². The molecule has 0 radical (unpaired) electrons. The second-order valence-corrected chi connectivity index (χ2v) is 6.93. The average Bonchev–Trinajstić information content (AvgIpc) is 3.27. The van der Waals surface area contributed by atoms with E-state index in [2.05, 4.69) is 10.5 Å². The van der Waals surface area contributed by atoms with Crippen molar-refractivity contribution < 1.29 is 18.7 Å². The molecule has 6 nitrogen and oxygen atoms in total. The molecule has 4 rings (SSSR count). The van der Waals surface area contributed by atoms with E-state index in [1.54, 1.807) is 30.3 Å². The Balaban J connectivity index is 1.47. The summed E-state index contributed by atoms with van der Waals surface area (Å²) in [5, 5.41) is 5.92. The minimum atomic E-state index is -0.384. The van der Waals surface area contributed by atoms with Crippen LogP contribution in [0.2, 0.25) is 0 Å². The lowest BCUT2D eigenvalue weighted by molar-refractivity contribution is 0.0951. The number of ether oxygens (including phenoxy) is 1. The van der Waals surface area contributed by atoms with Gasteiger partial charge in [0.25, 0.3) is 5.91 Å². The highest BCUT2D eigenvalue weighted by atomic mass is 16.5. The predicted molar refractivity (Wildman–Crippen MR) is 120 cm³/mol. The summed E-state index contributed by atoms with van der Waals surface area (Å²) >= 11 is 0. The van der Waals surface area contributed by atoms with Crippen LogP contribution in [0.25, 0.3) is 22.1 Å². The average molecular weight is 412 g/mol. The topological polar surface area (TPSA) is 80.9 Å². The number of hydrogen-bond acceptors (Lipinski definition) is 5. The van der Waals surface area contributed by atoms with Crippen LogP contribution in [0.4, 0.5) is 0 Å². The first-order valence-corrected chi connectivity index (χ1v) is 9.66. The number of nitrogens with zero attached hydrogens (tertiary/aromatic N) is 1. The van der Waals surface area contributed by atoms with Gasteiger partial charge in [0, 0.05) is 11.1 Å². The third kappa shape index (κ3) is 4.38. The van der Waals surface area contributed by atoms with Gasteiger partial charge in [-0.05, 0) is 42.0 Å². The van der Waals surface area contributed by atoms with E-state index in [-0.39, 0.29) is 11.7 Å². The first kappa shape index (κ1) is 20.1. The first-order valence-electron chi connectivity index (χ1n) is 9.66. The SMILES string of the molecule is COc1cc2ccccc2cc1C(=O)N/N=C\c1ccc(-c2ccc(C(C)=O)cc2)o1. The van der Waals surface area contributed by atoms with Crippen LogP contribution in [-0.2, 0) is 0 Å². The van der Waals surface area contributed by atoms with Crippen LogP contribution >= 0.6 is 0 Å². The molecule has 1 aromatic heterocycles. The summed E-state index contributed by atoms with van der Waals surface area (Å²) in [4.78, 5) is 24.0. The van der Waals surface area contributed by atoms with Gasteiger partial charge in [-0.2, -0.15) is 5.10 Å². The van der Waals surface area contributed by atoms with E-state index in [4.69, 9.17) is 9.15 Å². The lowest BCUT2D eigenvalue weighted by Gasteiger charge is -2.09. The van der Waals surface area contributed by atoms with Gasteiger partial charge in [-0.1, -0.05) is 48.5 Å². The van der Waals surface area contributed by atoms with Crippen molar-refractivity contribution in [1.82, 2.24) is 5.43 Å². The molecule has 0 aliphatic carbocycles. The van der Waals surface area contributed by atoms with Crippen LogP contribution in [-0.4, -0.2) is 25.0 Å². The molecule has 0 saturated carbocycles. The molecule has 1 heterocycles. The third-order valence-electron chi connectivity index (χ3n) is 4.87. The molecule has 31 heavy (non-hydrogen) atoms. The summed E-state index contributed by atoms with van der Waals surface area (Å²) in [7, 11) is 1.53. The second-order valence-electron chi connectivity index (χ2n) is 6.93. The smallest absolute Gasteiger partial charge is 0.275 e. The van der Waals surface area contributed by atoms with E-state index < -0.39 is 0 Å². The fraction of sp³-hybridized carbons (Fsp3) is 0.0800. The van der Waals surface area contributed by atoms with Crippen molar-refractivity contribution >= 4 is 28.7 Å². The van der Waals surface area contributed by atoms with Crippen molar-refractivity contribution in [3.8, 4) is 17.1 Å². The molecule has 3 aromatic carbocycles. The quantitative estimate of drug-likeness (QED) is 0.272.